The molecular weight excluding hydrogens is 725 g/mol. The molecule has 0 saturated heterocycles. The fourth-order valence-electron chi connectivity index (χ4n) is 8.81. The minimum atomic E-state index is -0.536. The standard InChI is InChI=1S/C53H32N4S/c54-33-34-13-11-18-37(29-34)39-25-27-44-42(31-39)43-32-41(26-28-45(43)53(44)46-21-7-9-23-48(46)58-49-24-10-8-22-47(49)53)52-56-50(36-16-5-2-6-17-36)55-51(57-52)40-20-12-19-38(30-40)35-14-3-1-4-15-35/h1-32H. The molecule has 0 saturated carbocycles. The van der Waals surface area contributed by atoms with Crippen LogP contribution in [0.4, 0.5) is 0 Å². The molecule has 0 unspecified atom stereocenters. The van der Waals surface area contributed by atoms with Crippen molar-refractivity contribution in [2.45, 2.75) is 15.2 Å². The SMILES string of the molecule is N#Cc1cccc(-c2ccc3c(c2)-c2cc(-c4nc(-c5ccccc5)nc(-c5cccc(-c6ccccc6)c5)n4)ccc2C32c3ccccc3Sc3ccccc32)c1. The molecule has 0 N–H and O–H groups in total. The normalized spacial score (nSPS) is 12.9. The zero-order valence-corrected chi connectivity index (χ0v) is 32.0. The lowest BCUT2D eigenvalue weighted by atomic mass is 9.67. The molecule has 58 heavy (non-hydrogen) atoms. The summed E-state index contributed by atoms with van der Waals surface area (Å²) in [6.07, 6.45) is 0. The van der Waals surface area contributed by atoms with Crippen molar-refractivity contribution >= 4 is 11.8 Å². The van der Waals surface area contributed by atoms with Crippen molar-refractivity contribution in [3.8, 4) is 73.6 Å². The Morgan fingerprint density at radius 1 is 0.362 bits per heavy atom. The van der Waals surface area contributed by atoms with E-state index in [1.54, 1.807) is 0 Å². The average molecular weight is 757 g/mol. The highest BCUT2D eigenvalue weighted by Gasteiger charge is 2.50. The molecule has 1 aromatic heterocycles. The molecule has 0 amide bonds. The van der Waals surface area contributed by atoms with Gasteiger partial charge < -0.3 is 0 Å². The van der Waals surface area contributed by atoms with E-state index in [1.807, 2.05) is 66.4 Å². The second-order valence-electron chi connectivity index (χ2n) is 14.7. The van der Waals surface area contributed by atoms with Gasteiger partial charge in [-0.3, -0.25) is 0 Å². The van der Waals surface area contributed by atoms with Gasteiger partial charge >= 0.3 is 0 Å². The number of nitriles is 1. The van der Waals surface area contributed by atoms with E-state index in [-0.39, 0.29) is 0 Å². The van der Waals surface area contributed by atoms with E-state index in [2.05, 4.69) is 146 Å². The van der Waals surface area contributed by atoms with E-state index in [0.29, 0.717) is 23.0 Å². The summed E-state index contributed by atoms with van der Waals surface area (Å²) in [6, 6.07) is 70.4. The number of benzene rings is 8. The number of fused-ring (bicyclic) bond motifs is 9. The van der Waals surface area contributed by atoms with E-state index in [0.717, 1.165) is 50.1 Å². The summed E-state index contributed by atoms with van der Waals surface area (Å²) in [5.74, 6) is 1.85. The molecule has 270 valence electrons. The monoisotopic (exact) mass is 756 g/mol. The molecule has 4 nitrogen and oxygen atoms in total. The van der Waals surface area contributed by atoms with Gasteiger partial charge in [0, 0.05) is 26.5 Å². The van der Waals surface area contributed by atoms with Gasteiger partial charge in [-0.05, 0) is 98.1 Å². The van der Waals surface area contributed by atoms with Crippen LogP contribution in [0.2, 0.25) is 0 Å². The van der Waals surface area contributed by atoms with Gasteiger partial charge in [0.05, 0.1) is 17.0 Å². The van der Waals surface area contributed by atoms with Crippen LogP contribution in [0.1, 0.15) is 27.8 Å². The molecule has 9 aromatic rings. The maximum absolute atomic E-state index is 9.77. The highest BCUT2D eigenvalue weighted by atomic mass is 32.2. The third-order valence-corrected chi connectivity index (χ3v) is 12.6. The Bertz CT molecular complexity index is 3070. The molecule has 0 fully saturated rings. The molecule has 1 spiro atoms. The zero-order chi connectivity index (χ0) is 38.6. The summed E-state index contributed by atoms with van der Waals surface area (Å²) in [7, 11) is 0. The molecule has 0 bridgehead atoms. The summed E-state index contributed by atoms with van der Waals surface area (Å²) >= 11 is 1.84. The maximum Gasteiger partial charge on any atom is 0.164 e. The third-order valence-electron chi connectivity index (χ3n) is 11.4. The summed E-state index contributed by atoms with van der Waals surface area (Å²) < 4.78 is 0. The Morgan fingerprint density at radius 2 is 0.810 bits per heavy atom. The van der Waals surface area contributed by atoms with Crippen molar-refractivity contribution in [1.82, 2.24) is 15.0 Å². The largest absolute Gasteiger partial charge is 0.208 e. The van der Waals surface area contributed by atoms with Gasteiger partial charge in [0.15, 0.2) is 17.5 Å². The van der Waals surface area contributed by atoms with E-state index in [1.165, 1.54) is 32.0 Å². The van der Waals surface area contributed by atoms with Crippen molar-refractivity contribution in [3.05, 3.63) is 222 Å². The summed E-state index contributed by atoms with van der Waals surface area (Å²) in [6.45, 7) is 0. The number of rotatable bonds is 5. The van der Waals surface area contributed by atoms with Crippen LogP contribution in [-0.4, -0.2) is 15.0 Å². The van der Waals surface area contributed by atoms with E-state index >= 15 is 0 Å². The lowest BCUT2D eigenvalue weighted by molar-refractivity contribution is 0.722. The molecule has 8 aromatic carbocycles. The smallest absolute Gasteiger partial charge is 0.164 e. The van der Waals surface area contributed by atoms with Crippen molar-refractivity contribution in [1.29, 1.82) is 5.26 Å². The first-order valence-corrected chi connectivity index (χ1v) is 20.1. The third kappa shape index (κ3) is 5.42. The van der Waals surface area contributed by atoms with Crippen molar-refractivity contribution in [2.75, 3.05) is 0 Å². The van der Waals surface area contributed by atoms with Crippen LogP contribution in [0.3, 0.4) is 0 Å². The van der Waals surface area contributed by atoms with Crippen molar-refractivity contribution < 1.29 is 0 Å². The summed E-state index contributed by atoms with van der Waals surface area (Å²) in [5.41, 5.74) is 14.5. The molecular formula is C53H32N4S. The molecule has 1 aliphatic heterocycles. The fourth-order valence-corrected chi connectivity index (χ4v) is 10.0. The van der Waals surface area contributed by atoms with Gasteiger partial charge in [-0.2, -0.15) is 5.26 Å². The second-order valence-corrected chi connectivity index (χ2v) is 15.8. The molecule has 1 aliphatic carbocycles. The van der Waals surface area contributed by atoms with Gasteiger partial charge in [-0.15, -0.1) is 0 Å². The number of nitrogens with zero attached hydrogens (tertiary/aromatic N) is 4. The Morgan fingerprint density at radius 3 is 1.45 bits per heavy atom. The first-order valence-electron chi connectivity index (χ1n) is 19.3. The number of aromatic nitrogens is 3. The van der Waals surface area contributed by atoms with E-state index in [4.69, 9.17) is 15.0 Å². The zero-order valence-electron chi connectivity index (χ0n) is 31.2. The Balaban J connectivity index is 1.15. The molecule has 0 radical (unpaired) electrons. The van der Waals surface area contributed by atoms with Crippen LogP contribution in [-0.2, 0) is 5.41 Å². The Labute approximate surface area is 341 Å². The maximum atomic E-state index is 9.77. The van der Waals surface area contributed by atoms with Crippen LogP contribution in [0, 0.1) is 11.3 Å². The van der Waals surface area contributed by atoms with Crippen LogP contribution < -0.4 is 0 Å². The molecule has 0 atom stereocenters. The molecule has 2 heterocycles. The van der Waals surface area contributed by atoms with Gasteiger partial charge in [0.1, 0.15) is 0 Å². The van der Waals surface area contributed by atoms with Gasteiger partial charge in [0.25, 0.3) is 0 Å². The molecule has 11 rings (SSSR count). The highest BCUT2D eigenvalue weighted by molar-refractivity contribution is 7.99. The fraction of sp³-hybridized carbons (Fsp3) is 0.0189. The second kappa shape index (κ2) is 13.7. The van der Waals surface area contributed by atoms with Crippen LogP contribution in [0.15, 0.2) is 204 Å². The van der Waals surface area contributed by atoms with Crippen LogP contribution in [0.5, 0.6) is 0 Å². The van der Waals surface area contributed by atoms with Crippen LogP contribution >= 0.6 is 11.8 Å². The first-order chi connectivity index (χ1) is 28.7. The Kier molecular flexibility index (Phi) is 7.99. The molecule has 2 aliphatic rings. The number of hydrogen-bond acceptors (Lipinski definition) is 5. The predicted molar refractivity (Wildman–Crippen MR) is 233 cm³/mol. The van der Waals surface area contributed by atoms with Crippen LogP contribution in [0.25, 0.3) is 67.5 Å². The lowest BCUT2D eigenvalue weighted by Gasteiger charge is -2.39. The lowest BCUT2D eigenvalue weighted by Crippen LogP contribution is -2.31. The van der Waals surface area contributed by atoms with Crippen molar-refractivity contribution in [2.24, 2.45) is 0 Å². The first kappa shape index (κ1) is 33.9. The Hall–Kier alpha value is -7.39. The van der Waals surface area contributed by atoms with Crippen molar-refractivity contribution in [3.63, 3.8) is 0 Å². The minimum absolute atomic E-state index is 0.536. The predicted octanol–water partition coefficient (Wildman–Crippen LogP) is 12.9. The molecule has 5 heteroatoms. The number of hydrogen-bond donors (Lipinski definition) is 0. The average Bonchev–Trinajstić information content (AvgIpc) is 3.58. The van der Waals surface area contributed by atoms with Gasteiger partial charge in [0.2, 0.25) is 0 Å². The minimum Gasteiger partial charge on any atom is -0.208 e. The summed E-state index contributed by atoms with van der Waals surface area (Å²) in [4.78, 5) is 18.0. The highest BCUT2D eigenvalue weighted by Crippen LogP contribution is 2.62. The van der Waals surface area contributed by atoms with Gasteiger partial charge in [-0.1, -0.05) is 163 Å². The topological polar surface area (TPSA) is 62.5 Å². The summed E-state index contributed by atoms with van der Waals surface area (Å²) in [5, 5.41) is 9.77. The van der Waals surface area contributed by atoms with E-state index in [9.17, 15) is 5.26 Å². The van der Waals surface area contributed by atoms with E-state index < -0.39 is 5.41 Å². The quantitative estimate of drug-likeness (QED) is 0.175. The van der Waals surface area contributed by atoms with Gasteiger partial charge in [-0.25, -0.2) is 15.0 Å².